The number of carbonyl (C=O) groups is 4. The van der Waals surface area contributed by atoms with Crippen LogP contribution in [-0.4, -0.2) is 71.1 Å². The zero-order valence-corrected chi connectivity index (χ0v) is 18.1. The molecule has 0 bridgehead atoms. The monoisotopic (exact) mass is 433 g/mol. The van der Waals surface area contributed by atoms with Gasteiger partial charge in [-0.25, -0.2) is 17.5 Å². The molecule has 3 rings (SSSR count). The van der Waals surface area contributed by atoms with Crippen molar-refractivity contribution in [1.29, 1.82) is 0 Å². The number of primary amides is 1. The van der Waals surface area contributed by atoms with Gasteiger partial charge in [-0.2, -0.15) is 0 Å². The Kier molecular flexibility index (Phi) is 6.90. The molecule has 0 radical (unpaired) electrons. The third kappa shape index (κ3) is 4.70. The van der Waals surface area contributed by atoms with Crippen LogP contribution in [0, 0.1) is 0 Å². The zero-order valence-electron chi connectivity index (χ0n) is 15.3. The molecule has 0 spiro atoms. The molecule has 2 saturated heterocycles. The van der Waals surface area contributed by atoms with E-state index in [0.717, 1.165) is 0 Å². The summed E-state index contributed by atoms with van der Waals surface area (Å²) in [6.07, 6.45) is 0.185. The minimum atomic E-state index is -4.89. The number of anilines is 1. The van der Waals surface area contributed by atoms with Gasteiger partial charge in [0.15, 0.2) is 10.3 Å². The second-order valence-electron chi connectivity index (χ2n) is 6.24. The van der Waals surface area contributed by atoms with Gasteiger partial charge in [0.05, 0.1) is 12.6 Å². The van der Waals surface area contributed by atoms with E-state index in [1.807, 2.05) is 0 Å². The predicted molar refractivity (Wildman–Crippen MR) is 92.4 cm³/mol. The van der Waals surface area contributed by atoms with Gasteiger partial charge in [-0.1, -0.05) is 0 Å². The van der Waals surface area contributed by atoms with Crippen LogP contribution in [0.15, 0.2) is 24.3 Å². The van der Waals surface area contributed by atoms with Crippen molar-refractivity contribution >= 4 is 39.7 Å². The Bertz CT molecular complexity index is 952. The van der Waals surface area contributed by atoms with Crippen molar-refractivity contribution in [1.82, 2.24) is 14.5 Å². The molecule has 29 heavy (non-hydrogen) atoms. The van der Waals surface area contributed by atoms with E-state index < -0.39 is 46.1 Å². The summed E-state index contributed by atoms with van der Waals surface area (Å²) in [7, 11) is -4.89. The Balaban J connectivity index is 0.00000300. The first-order valence-corrected chi connectivity index (χ1v) is 9.49. The maximum Gasteiger partial charge on any atom is 1.00 e. The molecular formula is C15H16N5NaO7S. The molecule has 14 heteroatoms. The molecule has 2 heterocycles. The van der Waals surface area contributed by atoms with E-state index in [9.17, 15) is 32.1 Å². The van der Waals surface area contributed by atoms with E-state index in [-0.39, 0.29) is 58.9 Å². The fourth-order valence-electron chi connectivity index (χ4n) is 3.20. The van der Waals surface area contributed by atoms with Gasteiger partial charge in [0.2, 0.25) is 5.91 Å². The molecule has 2 atom stereocenters. The molecule has 2 aliphatic heterocycles. The van der Waals surface area contributed by atoms with E-state index in [2.05, 4.69) is 10.6 Å². The average Bonchev–Trinajstić information content (AvgIpc) is 2.97. The van der Waals surface area contributed by atoms with E-state index in [1.54, 1.807) is 0 Å². The van der Waals surface area contributed by atoms with Crippen molar-refractivity contribution < 1.29 is 61.7 Å². The van der Waals surface area contributed by atoms with Gasteiger partial charge in [0.1, 0.15) is 6.04 Å². The maximum atomic E-state index is 12.4. The summed E-state index contributed by atoms with van der Waals surface area (Å²) in [6.45, 7) is -0.189. The molecule has 2 aliphatic rings. The van der Waals surface area contributed by atoms with Gasteiger partial charge in [-0.05, 0) is 30.7 Å². The van der Waals surface area contributed by atoms with Crippen molar-refractivity contribution in [3.05, 3.63) is 29.8 Å². The Hall–Kier alpha value is -2.19. The molecule has 4 N–H and O–H groups in total. The largest absolute Gasteiger partial charge is 1.00 e. The molecule has 0 saturated carbocycles. The van der Waals surface area contributed by atoms with Crippen LogP contribution < -0.4 is 45.9 Å². The van der Waals surface area contributed by atoms with Crippen LogP contribution in [0.5, 0.6) is 0 Å². The number of nitrogens with two attached hydrogens (primary N) is 1. The molecule has 150 valence electrons. The number of hydrogen-bond donors (Lipinski definition) is 3. The number of β-lactam (4-membered cyclic amide) rings is 1. The predicted octanol–water partition coefficient (Wildman–Crippen LogP) is -4.82. The second kappa shape index (κ2) is 8.67. The summed E-state index contributed by atoms with van der Waals surface area (Å²) in [6, 6.07) is 3.27. The Morgan fingerprint density at radius 3 is 2.38 bits per heavy atom. The standard InChI is InChI=1S/C15H17N5O7S.Na/c16-11(21)7-17-13(22)8-1-3-9(4-2-8)18-15(24)19-6-5-10-12(19)14(23)20(10)28(25,26)27;/h1-4,10,12H,5-7H2,(H2,16,21)(H,17,22)(H,18,24)(H,25,26,27);/q;+1/p-1/t10-,12+;/m1./s1. The topological polar surface area (TPSA) is 182 Å². The number of hydrogen-bond acceptors (Lipinski definition) is 7. The van der Waals surface area contributed by atoms with Crippen LogP contribution in [0.1, 0.15) is 16.8 Å². The Morgan fingerprint density at radius 1 is 1.21 bits per heavy atom. The van der Waals surface area contributed by atoms with Gasteiger partial charge in [0.25, 0.3) is 11.8 Å². The van der Waals surface area contributed by atoms with Crippen LogP contribution in [0.3, 0.4) is 0 Å². The minimum absolute atomic E-state index is 0. The number of fused-ring (bicyclic) bond motifs is 1. The second-order valence-corrected chi connectivity index (χ2v) is 7.49. The summed E-state index contributed by atoms with van der Waals surface area (Å²) in [5.41, 5.74) is 5.52. The van der Waals surface area contributed by atoms with Gasteiger partial charge >= 0.3 is 35.6 Å². The summed E-state index contributed by atoms with van der Waals surface area (Å²) in [4.78, 5) is 48.0. The number of carbonyl (C=O) groups excluding carboxylic acids is 4. The van der Waals surface area contributed by atoms with Crippen molar-refractivity contribution in [3.8, 4) is 0 Å². The number of amides is 5. The number of rotatable bonds is 5. The number of nitrogens with one attached hydrogen (secondary N) is 2. The molecule has 1 aromatic rings. The van der Waals surface area contributed by atoms with Gasteiger partial charge < -0.3 is 25.8 Å². The first-order chi connectivity index (χ1) is 13.1. The molecule has 0 aliphatic carbocycles. The molecule has 5 amide bonds. The summed E-state index contributed by atoms with van der Waals surface area (Å²) in [5, 5.41) is 4.86. The summed E-state index contributed by atoms with van der Waals surface area (Å²) in [5.74, 6) is -2.12. The van der Waals surface area contributed by atoms with Crippen LogP contribution in [0.4, 0.5) is 10.5 Å². The van der Waals surface area contributed by atoms with E-state index >= 15 is 0 Å². The SMILES string of the molecule is NC(=O)CNC(=O)c1ccc(NC(=O)N2CC[C@@H]3[C@H]2C(=O)N3S(=O)(=O)[O-])cc1.[Na+]. The fourth-order valence-corrected chi connectivity index (χ4v) is 4.09. The molecule has 2 fully saturated rings. The first kappa shape index (κ1) is 23.1. The fraction of sp³-hybridized carbons (Fsp3) is 0.333. The quantitative estimate of drug-likeness (QED) is 0.236. The van der Waals surface area contributed by atoms with E-state index in [1.165, 1.54) is 29.2 Å². The number of nitrogens with zero attached hydrogens (tertiary/aromatic N) is 2. The third-order valence-electron chi connectivity index (χ3n) is 4.46. The van der Waals surface area contributed by atoms with Crippen molar-refractivity contribution in [2.45, 2.75) is 18.5 Å². The van der Waals surface area contributed by atoms with Crippen LogP contribution in [-0.2, 0) is 19.9 Å². The van der Waals surface area contributed by atoms with Crippen molar-refractivity contribution in [2.75, 3.05) is 18.4 Å². The maximum absolute atomic E-state index is 12.4. The van der Waals surface area contributed by atoms with Gasteiger partial charge in [0, 0.05) is 17.8 Å². The van der Waals surface area contributed by atoms with E-state index in [0.29, 0.717) is 5.69 Å². The smallest absolute Gasteiger partial charge is 0.731 e. The van der Waals surface area contributed by atoms with Crippen LogP contribution >= 0.6 is 0 Å². The zero-order chi connectivity index (χ0) is 20.6. The minimum Gasteiger partial charge on any atom is -0.731 e. The molecule has 0 unspecified atom stereocenters. The number of likely N-dealkylation sites (tertiary alicyclic amines) is 1. The Labute approximate surface area is 187 Å². The number of urea groups is 1. The van der Waals surface area contributed by atoms with Crippen molar-refractivity contribution in [2.24, 2.45) is 5.73 Å². The number of benzene rings is 1. The molecule has 12 nitrogen and oxygen atoms in total. The van der Waals surface area contributed by atoms with Crippen molar-refractivity contribution in [3.63, 3.8) is 0 Å². The first-order valence-electron chi connectivity index (χ1n) is 8.13. The van der Waals surface area contributed by atoms with Crippen LogP contribution in [0.2, 0.25) is 0 Å². The molecular weight excluding hydrogens is 417 g/mol. The summed E-state index contributed by atoms with van der Waals surface area (Å²) >= 11 is 0. The van der Waals surface area contributed by atoms with Gasteiger partial charge in [-0.15, -0.1) is 0 Å². The third-order valence-corrected chi connectivity index (χ3v) is 5.39. The summed E-state index contributed by atoms with van der Waals surface area (Å²) < 4.78 is 33.5. The molecule has 1 aromatic carbocycles. The van der Waals surface area contributed by atoms with Crippen LogP contribution in [0.25, 0.3) is 0 Å². The van der Waals surface area contributed by atoms with Gasteiger partial charge in [-0.3, -0.25) is 14.4 Å². The normalized spacial score (nSPS) is 20.2. The Morgan fingerprint density at radius 2 is 1.83 bits per heavy atom. The molecule has 0 aromatic heterocycles. The van der Waals surface area contributed by atoms with E-state index in [4.69, 9.17) is 5.73 Å². The average molecular weight is 433 g/mol.